The van der Waals surface area contributed by atoms with Gasteiger partial charge < -0.3 is 9.73 Å². The van der Waals surface area contributed by atoms with Gasteiger partial charge in [0.05, 0.1) is 17.7 Å². The largest absolute Gasteiger partial charge is 0.467 e. The van der Waals surface area contributed by atoms with Gasteiger partial charge in [-0.15, -0.1) is 0 Å². The highest BCUT2D eigenvalue weighted by Gasteiger charge is 2.31. The summed E-state index contributed by atoms with van der Waals surface area (Å²) in [5, 5.41) is 13.5. The number of carbonyl (C=O) groups excluding carboxylic acids is 2. The molecule has 0 fully saturated rings. The van der Waals surface area contributed by atoms with E-state index in [0.717, 1.165) is 11.0 Å². The van der Waals surface area contributed by atoms with Crippen LogP contribution >= 0.6 is 0 Å². The summed E-state index contributed by atoms with van der Waals surface area (Å²) >= 11 is 0. The number of nitrogens with zero attached hydrogens (tertiary/aromatic N) is 2. The van der Waals surface area contributed by atoms with Crippen LogP contribution in [-0.4, -0.2) is 21.6 Å². The molecule has 8 heteroatoms. The SMILES string of the molecule is O=C1C=C(Nc2cccc([N+](=O)[O-])c2)C(=O)N1Cc1ccco1. The van der Waals surface area contributed by atoms with E-state index in [9.17, 15) is 19.7 Å². The predicted molar refractivity (Wildman–Crippen MR) is 79.1 cm³/mol. The first-order valence-corrected chi connectivity index (χ1v) is 6.66. The molecule has 1 aromatic carbocycles. The maximum Gasteiger partial charge on any atom is 0.277 e. The van der Waals surface area contributed by atoms with E-state index in [0.29, 0.717) is 11.4 Å². The fourth-order valence-electron chi connectivity index (χ4n) is 2.16. The van der Waals surface area contributed by atoms with Crippen LogP contribution in [0.3, 0.4) is 0 Å². The van der Waals surface area contributed by atoms with E-state index in [2.05, 4.69) is 5.32 Å². The molecule has 0 aliphatic carbocycles. The molecule has 2 heterocycles. The van der Waals surface area contributed by atoms with E-state index < -0.39 is 16.7 Å². The van der Waals surface area contributed by atoms with Gasteiger partial charge >= 0.3 is 0 Å². The molecule has 23 heavy (non-hydrogen) atoms. The third kappa shape index (κ3) is 2.95. The summed E-state index contributed by atoms with van der Waals surface area (Å²) in [6, 6.07) is 9.00. The Hall–Kier alpha value is -3.42. The van der Waals surface area contributed by atoms with Crippen molar-refractivity contribution in [3.8, 4) is 0 Å². The zero-order valence-electron chi connectivity index (χ0n) is 11.8. The highest BCUT2D eigenvalue weighted by atomic mass is 16.6. The monoisotopic (exact) mass is 313 g/mol. The Bertz CT molecular complexity index is 810. The van der Waals surface area contributed by atoms with Gasteiger partial charge in [0.15, 0.2) is 0 Å². The number of hydrogen-bond donors (Lipinski definition) is 1. The predicted octanol–water partition coefficient (Wildman–Crippen LogP) is 2.05. The second-order valence-corrected chi connectivity index (χ2v) is 4.80. The molecule has 0 bridgehead atoms. The van der Waals surface area contributed by atoms with Crippen LogP contribution in [0, 0.1) is 10.1 Å². The first kappa shape index (κ1) is 14.5. The number of anilines is 1. The molecule has 116 valence electrons. The van der Waals surface area contributed by atoms with Crippen molar-refractivity contribution < 1.29 is 18.9 Å². The smallest absolute Gasteiger partial charge is 0.277 e. The lowest BCUT2D eigenvalue weighted by Gasteiger charge is -2.13. The molecule has 0 unspecified atom stereocenters. The lowest BCUT2D eigenvalue weighted by molar-refractivity contribution is -0.384. The Balaban J connectivity index is 1.75. The van der Waals surface area contributed by atoms with Crippen LogP contribution in [0.2, 0.25) is 0 Å². The van der Waals surface area contributed by atoms with Gasteiger partial charge in [-0.1, -0.05) is 6.07 Å². The molecule has 1 aromatic heterocycles. The van der Waals surface area contributed by atoms with E-state index in [1.54, 1.807) is 18.2 Å². The number of benzene rings is 1. The van der Waals surface area contributed by atoms with Crippen LogP contribution in [0.1, 0.15) is 5.76 Å². The molecule has 1 N–H and O–H groups in total. The summed E-state index contributed by atoms with van der Waals surface area (Å²) < 4.78 is 5.12. The molecule has 1 aliphatic heterocycles. The van der Waals surface area contributed by atoms with Crippen LogP contribution < -0.4 is 5.32 Å². The summed E-state index contributed by atoms with van der Waals surface area (Å²) in [5.74, 6) is -0.506. The van der Waals surface area contributed by atoms with Crippen LogP contribution in [0.15, 0.2) is 58.9 Å². The molecular weight excluding hydrogens is 302 g/mol. The molecule has 0 radical (unpaired) electrons. The van der Waals surface area contributed by atoms with E-state index in [1.807, 2.05) is 0 Å². The average molecular weight is 313 g/mol. The zero-order chi connectivity index (χ0) is 16.4. The van der Waals surface area contributed by atoms with Crippen molar-refractivity contribution >= 4 is 23.2 Å². The third-order valence-electron chi connectivity index (χ3n) is 3.24. The minimum absolute atomic E-state index is 0.0291. The maximum atomic E-state index is 12.3. The Morgan fingerprint density at radius 3 is 2.74 bits per heavy atom. The van der Waals surface area contributed by atoms with E-state index in [1.165, 1.54) is 24.5 Å². The molecule has 0 saturated carbocycles. The van der Waals surface area contributed by atoms with Crippen molar-refractivity contribution in [1.29, 1.82) is 0 Å². The molecule has 2 aromatic rings. The number of hydrogen-bond acceptors (Lipinski definition) is 6. The van der Waals surface area contributed by atoms with Crippen LogP contribution in [0.4, 0.5) is 11.4 Å². The standard InChI is InChI=1S/C15H11N3O5/c19-14-8-13(15(20)17(14)9-12-5-2-6-23-12)16-10-3-1-4-11(7-10)18(21)22/h1-8,16H,9H2. The van der Waals surface area contributed by atoms with Gasteiger partial charge in [-0.25, -0.2) is 0 Å². The highest BCUT2D eigenvalue weighted by Crippen LogP contribution is 2.22. The fraction of sp³-hybridized carbons (Fsp3) is 0.0667. The summed E-state index contributed by atoms with van der Waals surface area (Å²) in [7, 11) is 0. The van der Waals surface area contributed by atoms with E-state index >= 15 is 0 Å². The van der Waals surface area contributed by atoms with Crippen molar-refractivity contribution in [2.75, 3.05) is 5.32 Å². The van der Waals surface area contributed by atoms with Crippen molar-refractivity contribution in [3.63, 3.8) is 0 Å². The lowest BCUT2D eigenvalue weighted by Crippen LogP contribution is -2.31. The quantitative estimate of drug-likeness (QED) is 0.514. The molecule has 2 amide bonds. The molecule has 0 spiro atoms. The molecule has 1 aliphatic rings. The molecule has 3 rings (SSSR count). The van der Waals surface area contributed by atoms with E-state index in [-0.39, 0.29) is 17.9 Å². The summed E-state index contributed by atoms with van der Waals surface area (Å²) in [4.78, 5) is 35.4. The first-order valence-electron chi connectivity index (χ1n) is 6.66. The number of nitro groups is 1. The minimum Gasteiger partial charge on any atom is -0.467 e. The lowest BCUT2D eigenvalue weighted by atomic mass is 10.2. The van der Waals surface area contributed by atoms with Gasteiger partial charge in [-0.3, -0.25) is 24.6 Å². The number of amides is 2. The van der Waals surface area contributed by atoms with E-state index in [4.69, 9.17) is 4.42 Å². The van der Waals surface area contributed by atoms with Crippen molar-refractivity contribution in [1.82, 2.24) is 4.90 Å². The molecule has 0 atom stereocenters. The highest BCUT2D eigenvalue weighted by molar-refractivity contribution is 6.17. The van der Waals surface area contributed by atoms with Gasteiger partial charge in [0.2, 0.25) is 0 Å². The van der Waals surface area contributed by atoms with Crippen LogP contribution in [0.25, 0.3) is 0 Å². The Labute approximate surface area is 130 Å². The van der Waals surface area contributed by atoms with Crippen LogP contribution in [0.5, 0.6) is 0 Å². The van der Waals surface area contributed by atoms with Crippen molar-refractivity contribution in [2.45, 2.75) is 6.54 Å². The van der Waals surface area contributed by atoms with Gasteiger partial charge in [-0.2, -0.15) is 0 Å². The van der Waals surface area contributed by atoms with Gasteiger partial charge in [0.1, 0.15) is 11.5 Å². The molecule has 8 nitrogen and oxygen atoms in total. The second-order valence-electron chi connectivity index (χ2n) is 4.80. The van der Waals surface area contributed by atoms with Gasteiger partial charge in [0.25, 0.3) is 17.5 Å². The summed E-state index contributed by atoms with van der Waals surface area (Å²) in [5.41, 5.74) is 0.299. The van der Waals surface area contributed by atoms with Crippen molar-refractivity contribution in [2.24, 2.45) is 0 Å². The summed E-state index contributed by atoms with van der Waals surface area (Å²) in [6.45, 7) is 0.0291. The number of imide groups is 1. The Kier molecular flexibility index (Phi) is 3.63. The van der Waals surface area contributed by atoms with Crippen LogP contribution in [-0.2, 0) is 16.1 Å². The Morgan fingerprint density at radius 1 is 1.22 bits per heavy atom. The first-order chi connectivity index (χ1) is 11.0. The summed E-state index contributed by atoms with van der Waals surface area (Å²) in [6.07, 6.45) is 2.61. The fourth-order valence-corrected chi connectivity index (χ4v) is 2.16. The molecular formula is C15H11N3O5. The third-order valence-corrected chi connectivity index (χ3v) is 3.24. The zero-order valence-corrected chi connectivity index (χ0v) is 11.8. The maximum absolute atomic E-state index is 12.3. The molecule has 0 saturated heterocycles. The number of non-ortho nitro benzene ring substituents is 1. The number of rotatable bonds is 5. The number of furan rings is 1. The average Bonchev–Trinajstić information content (AvgIpc) is 3.12. The number of carbonyl (C=O) groups is 2. The Morgan fingerprint density at radius 2 is 2.04 bits per heavy atom. The van der Waals surface area contributed by atoms with Gasteiger partial charge in [0, 0.05) is 23.9 Å². The second kappa shape index (κ2) is 5.76. The van der Waals surface area contributed by atoms with Gasteiger partial charge in [-0.05, 0) is 18.2 Å². The normalized spacial score (nSPS) is 14.1. The number of nitrogens with one attached hydrogen (secondary N) is 1. The number of nitro benzene ring substituents is 1. The minimum atomic E-state index is -0.537. The topological polar surface area (TPSA) is 106 Å². The van der Waals surface area contributed by atoms with Crippen molar-refractivity contribution in [3.05, 3.63) is 70.3 Å².